The van der Waals surface area contributed by atoms with E-state index in [1.54, 1.807) is 17.0 Å². The van der Waals surface area contributed by atoms with Crippen molar-refractivity contribution in [3.8, 4) is 5.75 Å². The van der Waals surface area contributed by atoms with Gasteiger partial charge in [-0.3, -0.25) is 0 Å². The van der Waals surface area contributed by atoms with Crippen LogP contribution < -0.4 is 10.1 Å². The molecule has 236 valence electrons. The molecule has 2 N–H and O–H groups in total. The zero-order chi connectivity index (χ0) is 31.2. The molecule has 4 atom stereocenters. The maximum Gasteiger partial charge on any atom is 0.410 e. The van der Waals surface area contributed by atoms with Crippen molar-refractivity contribution < 1.29 is 37.4 Å². The number of hydrogen-bond donors (Lipinski definition) is 2. The first-order chi connectivity index (χ1) is 20.9. The third-order valence-corrected chi connectivity index (χ3v) is 9.85. The largest absolute Gasteiger partial charge is 0.483 e. The fourth-order valence-corrected chi connectivity index (χ4v) is 7.45. The number of nitrogens with one attached hydrogen (secondary N) is 1. The van der Waals surface area contributed by atoms with Gasteiger partial charge in [-0.25, -0.2) is 23.4 Å². The van der Waals surface area contributed by atoms with E-state index in [-0.39, 0.29) is 30.5 Å². The summed E-state index contributed by atoms with van der Waals surface area (Å²) in [6, 6.07) is 7.73. The maximum absolute atomic E-state index is 14.3. The van der Waals surface area contributed by atoms with Crippen molar-refractivity contribution in [1.82, 2.24) is 14.9 Å². The summed E-state index contributed by atoms with van der Waals surface area (Å²) in [5, 5.41) is 14.0. The number of aryl methyl sites for hydroxylation is 1. The number of amides is 1. The number of aliphatic hydroxyl groups is 1. The number of benzene rings is 2. The number of carbonyl (C=O) groups excluding carboxylic acids is 1. The highest BCUT2D eigenvalue weighted by Gasteiger charge is 2.48. The molecule has 3 fully saturated rings. The number of anilines is 2. The van der Waals surface area contributed by atoms with E-state index < -0.39 is 51.7 Å². The van der Waals surface area contributed by atoms with Crippen LogP contribution in [0.5, 0.6) is 5.75 Å². The van der Waals surface area contributed by atoms with Crippen LogP contribution in [0.1, 0.15) is 26.3 Å². The van der Waals surface area contributed by atoms with E-state index >= 15 is 0 Å². The highest BCUT2D eigenvalue weighted by atomic mass is 32.2. The van der Waals surface area contributed by atoms with E-state index in [0.29, 0.717) is 41.2 Å². The van der Waals surface area contributed by atoms with Crippen LogP contribution in [0.15, 0.2) is 41.0 Å². The lowest BCUT2D eigenvalue weighted by molar-refractivity contribution is 0.00871. The summed E-state index contributed by atoms with van der Waals surface area (Å²) in [6.07, 6.45) is -1.20. The van der Waals surface area contributed by atoms with Crippen LogP contribution in [-0.4, -0.2) is 98.1 Å². The number of aromatic nitrogens is 2. The Morgan fingerprint density at radius 2 is 1.89 bits per heavy atom. The van der Waals surface area contributed by atoms with Crippen molar-refractivity contribution in [2.75, 3.05) is 43.1 Å². The first kappa shape index (κ1) is 30.4. The van der Waals surface area contributed by atoms with Crippen molar-refractivity contribution in [2.24, 2.45) is 4.36 Å². The molecule has 2 aromatic carbocycles. The fraction of sp³-hybridized carbons (Fsp3) is 0.500. The van der Waals surface area contributed by atoms with Crippen LogP contribution in [0.4, 0.5) is 26.4 Å². The third-order valence-electron chi connectivity index (χ3n) is 7.66. The number of rotatable bonds is 5. The molecule has 0 bridgehead atoms. The van der Waals surface area contributed by atoms with Gasteiger partial charge < -0.3 is 34.3 Å². The molecule has 1 amide bonds. The average Bonchev–Trinajstić information content (AvgIpc) is 3.52. The van der Waals surface area contributed by atoms with Gasteiger partial charge >= 0.3 is 6.09 Å². The predicted octanol–water partition coefficient (Wildman–Crippen LogP) is 4.08. The monoisotopic (exact) mass is 629 g/mol. The maximum atomic E-state index is 14.3. The normalized spacial score (nSPS) is 24.6. The van der Waals surface area contributed by atoms with Crippen LogP contribution in [-0.2, 0) is 23.9 Å². The zero-order valence-corrected chi connectivity index (χ0v) is 25.8. The lowest BCUT2D eigenvalue weighted by Gasteiger charge is -2.31. The fourth-order valence-electron chi connectivity index (χ4n) is 5.57. The summed E-state index contributed by atoms with van der Waals surface area (Å²) >= 11 is 0. The predicted molar refractivity (Wildman–Crippen MR) is 162 cm³/mol. The molecule has 0 spiro atoms. The Labute approximate surface area is 255 Å². The minimum absolute atomic E-state index is 0.156. The van der Waals surface area contributed by atoms with Gasteiger partial charge in [0.2, 0.25) is 0 Å². The van der Waals surface area contributed by atoms with E-state index in [2.05, 4.69) is 19.6 Å². The Kier molecular flexibility index (Phi) is 8.11. The number of halogens is 1. The molecule has 3 aromatic rings. The molecule has 0 radical (unpaired) electrons. The lowest BCUT2D eigenvalue weighted by atomic mass is 10.1. The Morgan fingerprint density at radius 1 is 1.14 bits per heavy atom. The summed E-state index contributed by atoms with van der Waals surface area (Å²) in [4.78, 5) is 22.9. The van der Waals surface area contributed by atoms with Crippen LogP contribution >= 0.6 is 0 Å². The standard InChI is InChI=1S/C30H36FN5O7S/c1-17-11-19(35-44(39)9-7-36(8-10-44)29(38)43-30(2,3)4)13-21-25(17)28(33-16-32-21)34-20-6-5-18(31)12-23(20)42-24-15-41-26-22(37)14-40-27(24)26/h5-6,11-13,16,22,24,26-27,37H,7-10,14-15H2,1-4H3,(H,32,33,34)/t22-,24+,26-,27-/m1/s1. The molecule has 0 saturated carbocycles. The molecule has 3 aliphatic rings. The molecule has 0 aliphatic carbocycles. The van der Waals surface area contributed by atoms with Gasteiger partial charge in [-0.1, -0.05) is 0 Å². The second-order valence-electron chi connectivity index (χ2n) is 12.2. The smallest absolute Gasteiger partial charge is 0.410 e. The van der Waals surface area contributed by atoms with E-state index in [9.17, 15) is 18.5 Å². The minimum atomic E-state index is -2.60. The molecule has 6 rings (SSSR count). The van der Waals surface area contributed by atoms with E-state index in [4.69, 9.17) is 18.9 Å². The van der Waals surface area contributed by atoms with Crippen LogP contribution in [0, 0.1) is 12.7 Å². The first-order valence-electron chi connectivity index (χ1n) is 14.5. The molecular weight excluding hydrogens is 593 g/mol. The Morgan fingerprint density at radius 3 is 2.64 bits per heavy atom. The molecule has 4 heterocycles. The van der Waals surface area contributed by atoms with E-state index in [0.717, 1.165) is 5.56 Å². The molecule has 12 nitrogen and oxygen atoms in total. The number of aliphatic hydroxyl groups excluding tert-OH is 1. The van der Waals surface area contributed by atoms with E-state index in [1.165, 1.54) is 18.5 Å². The second kappa shape index (κ2) is 11.7. The van der Waals surface area contributed by atoms with Crippen molar-refractivity contribution >= 4 is 43.9 Å². The topological polar surface area (TPSA) is 145 Å². The van der Waals surface area contributed by atoms with Crippen LogP contribution in [0.3, 0.4) is 0 Å². The lowest BCUT2D eigenvalue weighted by Crippen LogP contribution is -2.45. The quantitative estimate of drug-likeness (QED) is 0.424. The molecule has 3 aliphatic heterocycles. The zero-order valence-electron chi connectivity index (χ0n) is 25.0. The number of ether oxygens (including phenoxy) is 4. The summed E-state index contributed by atoms with van der Waals surface area (Å²) in [7, 11) is -2.60. The third kappa shape index (κ3) is 6.43. The molecular formula is C30H36FN5O7S. The number of fused-ring (bicyclic) bond motifs is 2. The van der Waals surface area contributed by atoms with Gasteiger partial charge in [0.05, 0.1) is 39.8 Å². The SMILES string of the molecule is Cc1cc(N=S2(=O)CCN(C(=O)OC(C)(C)C)CC2)cc2ncnc(Nc3ccc(F)cc3O[C@H]3CO[C@H]4[C@@H]3OC[C@H]4O)c12. The molecule has 3 saturated heterocycles. The summed E-state index contributed by atoms with van der Waals surface area (Å²) in [5.41, 5.74) is 1.77. The van der Waals surface area contributed by atoms with Crippen LogP contribution in [0.2, 0.25) is 0 Å². The van der Waals surface area contributed by atoms with Gasteiger partial charge in [-0.05, 0) is 57.5 Å². The van der Waals surface area contributed by atoms with Crippen molar-refractivity contribution in [3.63, 3.8) is 0 Å². The summed E-state index contributed by atoms with van der Waals surface area (Å²) in [5.74, 6) is 0.721. The van der Waals surface area contributed by atoms with Gasteiger partial charge in [0.1, 0.15) is 47.6 Å². The highest BCUT2D eigenvalue weighted by molar-refractivity contribution is 7.93. The minimum Gasteiger partial charge on any atom is -0.483 e. The van der Waals surface area contributed by atoms with Gasteiger partial charge in [0.25, 0.3) is 0 Å². The van der Waals surface area contributed by atoms with Crippen LogP contribution in [0.25, 0.3) is 10.9 Å². The Bertz CT molecular complexity index is 1690. The summed E-state index contributed by atoms with van der Waals surface area (Å²) < 4.78 is 55.4. The van der Waals surface area contributed by atoms with Gasteiger partial charge in [0.15, 0.2) is 6.10 Å². The van der Waals surface area contributed by atoms with Gasteiger partial charge in [-0.2, -0.15) is 4.36 Å². The number of hydrogen-bond acceptors (Lipinski definition) is 11. The van der Waals surface area contributed by atoms with Gasteiger partial charge in [-0.15, -0.1) is 0 Å². The number of nitrogens with zero attached hydrogens (tertiary/aromatic N) is 4. The molecule has 1 aromatic heterocycles. The second-order valence-corrected chi connectivity index (χ2v) is 14.7. The van der Waals surface area contributed by atoms with E-state index in [1.807, 2.05) is 33.8 Å². The molecule has 14 heteroatoms. The average molecular weight is 630 g/mol. The van der Waals surface area contributed by atoms with Crippen molar-refractivity contribution in [3.05, 3.63) is 48.0 Å². The Hall–Kier alpha value is -3.59. The highest BCUT2D eigenvalue weighted by Crippen LogP contribution is 2.36. The summed E-state index contributed by atoms with van der Waals surface area (Å²) in [6.45, 7) is 8.26. The van der Waals surface area contributed by atoms with Crippen molar-refractivity contribution in [2.45, 2.75) is 57.7 Å². The van der Waals surface area contributed by atoms with Gasteiger partial charge in [0, 0.05) is 36.0 Å². The molecule has 0 unspecified atom stereocenters. The number of carbonyl (C=O) groups is 1. The Balaban J connectivity index is 1.22. The molecule has 44 heavy (non-hydrogen) atoms. The van der Waals surface area contributed by atoms with Crippen molar-refractivity contribution in [1.29, 1.82) is 0 Å². The first-order valence-corrected chi connectivity index (χ1v) is 16.3.